The van der Waals surface area contributed by atoms with E-state index >= 15 is 0 Å². The van der Waals surface area contributed by atoms with E-state index in [9.17, 15) is 9.90 Å². The lowest BCUT2D eigenvalue weighted by atomic mass is 9.95. The molecule has 27 heavy (non-hydrogen) atoms. The van der Waals surface area contributed by atoms with Crippen molar-refractivity contribution in [3.8, 4) is 11.9 Å². The van der Waals surface area contributed by atoms with Gasteiger partial charge in [-0.1, -0.05) is 21.3 Å². The van der Waals surface area contributed by atoms with Crippen LogP contribution in [0.1, 0.15) is 61.7 Å². The van der Waals surface area contributed by atoms with Gasteiger partial charge in [0.05, 0.1) is 19.4 Å². The zero-order valence-electron chi connectivity index (χ0n) is 16.0. The van der Waals surface area contributed by atoms with Gasteiger partial charge in [-0.15, -0.1) is 0 Å². The van der Waals surface area contributed by atoms with Gasteiger partial charge in [-0.25, -0.2) is 4.98 Å². The zero-order valence-corrected chi connectivity index (χ0v) is 16.0. The average Bonchev–Trinajstić information content (AvgIpc) is 2.57. The summed E-state index contributed by atoms with van der Waals surface area (Å²) in [5.41, 5.74) is 0.291. The molecular weight excluding hydrogens is 346 g/mol. The summed E-state index contributed by atoms with van der Waals surface area (Å²) in [7, 11) is 1.48. The summed E-state index contributed by atoms with van der Waals surface area (Å²) < 4.78 is 10.9. The van der Waals surface area contributed by atoms with Crippen LogP contribution >= 0.6 is 0 Å². The SMILES string of the molecule is COc1nc(OC2CCC2)ncc1C(=O)N[C@@H]1[CH]CCC[C@H](O)CC1.[CH2].[CH2]. The molecule has 3 rings (SSSR count). The highest BCUT2D eigenvalue weighted by Gasteiger charge is 2.24. The van der Waals surface area contributed by atoms with Crippen molar-refractivity contribution in [2.75, 3.05) is 7.11 Å². The molecule has 5 radical (unpaired) electrons. The Bertz CT molecular complexity index is 593. The number of aliphatic hydroxyl groups excluding tert-OH is 1. The molecule has 0 aliphatic heterocycles. The van der Waals surface area contributed by atoms with Gasteiger partial charge < -0.3 is 19.9 Å². The smallest absolute Gasteiger partial charge is 0.319 e. The van der Waals surface area contributed by atoms with Gasteiger partial charge in [0.25, 0.3) is 5.91 Å². The number of nitrogens with one attached hydrogen (secondary N) is 1. The highest BCUT2D eigenvalue weighted by atomic mass is 16.5. The van der Waals surface area contributed by atoms with Crippen LogP contribution in [0.3, 0.4) is 0 Å². The molecule has 0 aromatic carbocycles. The number of carbonyl (C=O) groups excluding carboxylic acids is 1. The van der Waals surface area contributed by atoms with Crippen LogP contribution in [0.15, 0.2) is 6.20 Å². The first-order valence-corrected chi connectivity index (χ1v) is 9.05. The standard InChI is InChI=1S/C18H26N3O4.2CH2/c1-24-17-15(11-19-18(21-17)25-14-7-4-8-14)16(23)20-12-5-2-3-6-13(22)10-9-12;;/h5,11-14,22H,2-4,6-10H2,1H3,(H,20,23);2*1H2/t12-,13+;;/m1../s1. The summed E-state index contributed by atoms with van der Waals surface area (Å²) in [6.07, 6.45) is 10.7. The summed E-state index contributed by atoms with van der Waals surface area (Å²) in [4.78, 5) is 20.9. The maximum Gasteiger partial charge on any atom is 0.319 e. The van der Waals surface area contributed by atoms with E-state index in [1.54, 1.807) is 0 Å². The lowest BCUT2D eigenvalue weighted by molar-refractivity contribution is 0.0917. The maximum atomic E-state index is 12.6. The fraction of sp³-hybridized carbons (Fsp3) is 0.600. The number of methoxy groups -OCH3 is 1. The second-order valence-corrected chi connectivity index (χ2v) is 6.72. The Hall–Kier alpha value is -1.89. The van der Waals surface area contributed by atoms with Crippen molar-refractivity contribution >= 4 is 5.91 Å². The number of hydrogen-bond acceptors (Lipinski definition) is 6. The molecule has 1 amide bonds. The number of hydrogen-bond donors (Lipinski definition) is 2. The fourth-order valence-electron chi connectivity index (χ4n) is 3.04. The molecule has 2 N–H and O–H groups in total. The molecule has 7 heteroatoms. The van der Waals surface area contributed by atoms with Crippen LogP contribution in [0.4, 0.5) is 0 Å². The van der Waals surface area contributed by atoms with Crippen molar-refractivity contribution in [2.45, 2.75) is 69.6 Å². The fourth-order valence-corrected chi connectivity index (χ4v) is 3.04. The summed E-state index contributed by atoms with van der Waals surface area (Å²) in [6, 6.07) is 0.178. The minimum absolute atomic E-state index is 0. The second kappa shape index (κ2) is 11.1. The van der Waals surface area contributed by atoms with Crippen molar-refractivity contribution in [1.82, 2.24) is 15.3 Å². The third kappa shape index (κ3) is 6.34. The molecule has 2 saturated carbocycles. The lowest BCUT2D eigenvalue weighted by Gasteiger charge is -2.25. The Kier molecular flexibility index (Phi) is 9.49. The molecule has 149 valence electrons. The van der Waals surface area contributed by atoms with Gasteiger partial charge in [-0.3, -0.25) is 4.79 Å². The zero-order chi connectivity index (χ0) is 17.6. The van der Waals surface area contributed by atoms with Crippen molar-refractivity contribution < 1.29 is 19.4 Å². The Labute approximate surface area is 162 Å². The molecule has 1 aromatic heterocycles. The van der Waals surface area contributed by atoms with Gasteiger partial charge in [-0.05, 0) is 51.4 Å². The molecule has 2 fully saturated rings. The van der Waals surface area contributed by atoms with Crippen LogP contribution in [-0.4, -0.2) is 46.3 Å². The first kappa shape index (κ1) is 23.1. The van der Waals surface area contributed by atoms with Gasteiger partial charge in [0.15, 0.2) is 0 Å². The summed E-state index contributed by atoms with van der Waals surface area (Å²) in [5, 5.41) is 12.8. The minimum Gasteiger partial charge on any atom is -0.480 e. The highest BCUT2D eigenvalue weighted by molar-refractivity contribution is 5.96. The first-order valence-electron chi connectivity index (χ1n) is 9.05. The van der Waals surface area contributed by atoms with E-state index in [1.165, 1.54) is 13.3 Å². The number of aliphatic hydroxyl groups is 1. The summed E-state index contributed by atoms with van der Waals surface area (Å²) in [6.45, 7) is 0. The Morgan fingerprint density at radius 3 is 2.63 bits per heavy atom. The largest absolute Gasteiger partial charge is 0.480 e. The van der Waals surface area contributed by atoms with Gasteiger partial charge in [0.2, 0.25) is 5.88 Å². The third-order valence-corrected chi connectivity index (χ3v) is 4.81. The monoisotopic (exact) mass is 376 g/mol. The normalized spacial score (nSPS) is 22.7. The predicted molar refractivity (Wildman–Crippen MR) is 102 cm³/mol. The van der Waals surface area contributed by atoms with Gasteiger partial charge in [0.1, 0.15) is 11.7 Å². The van der Waals surface area contributed by atoms with E-state index in [2.05, 4.69) is 21.7 Å². The molecular formula is C20H30N3O4. The van der Waals surface area contributed by atoms with Crippen molar-refractivity contribution in [2.24, 2.45) is 0 Å². The average molecular weight is 376 g/mol. The molecule has 1 heterocycles. The van der Waals surface area contributed by atoms with Gasteiger partial charge in [-0.2, -0.15) is 4.98 Å². The second-order valence-electron chi connectivity index (χ2n) is 6.72. The number of nitrogens with zero attached hydrogens (tertiary/aromatic N) is 2. The van der Waals surface area contributed by atoms with E-state index < -0.39 is 0 Å². The van der Waals surface area contributed by atoms with Crippen LogP contribution in [0.25, 0.3) is 0 Å². The van der Waals surface area contributed by atoms with Crippen molar-refractivity contribution in [3.63, 3.8) is 0 Å². The molecule has 0 bridgehead atoms. The Morgan fingerprint density at radius 2 is 1.96 bits per heavy atom. The van der Waals surface area contributed by atoms with E-state index in [0.29, 0.717) is 12.0 Å². The molecule has 1 aromatic rings. The van der Waals surface area contributed by atoms with Crippen molar-refractivity contribution in [3.05, 3.63) is 33.0 Å². The Balaban J connectivity index is 0.00000182. The van der Waals surface area contributed by atoms with E-state index in [1.807, 2.05) is 0 Å². The molecule has 2 atom stereocenters. The van der Waals surface area contributed by atoms with E-state index in [4.69, 9.17) is 9.47 Å². The number of aromatic nitrogens is 2. The molecule has 2 aliphatic carbocycles. The summed E-state index contributed by atoms with van der Waals surface area (Å²) in [5.74, 6) is -0.0592. The van der Waals surface area contributed by atoms with Gasteiger partial charge in [0, 0.05) is 6.04 Å². The van der Waals surface area contributed by atoms with Crippen molar-refractivity contribution in [1.29, 1.82) is 0 Å². The highest BCUT2D eigenvalue weighted by Crippen LogP contribution is 2.25. The molecule has 0 spiro atoms. The first-order chi connectivity index (χ1) is 12.2. The molecule has 2 aliphatic rings. The minimum atomic E-state index is -0.283. The van der Waals surface area contributed by atoms with E-state index in [-0.39, 0.29) is 50.9 Å². The molecule has 7 nitrogen and oxygen atoms in total. The number of amides is 1. The van der Waals surface area contributed by atoms with E-state index in [0.717, 1.165) is 44.9 Å². The third-order valence-electron chi connectivity index (χ3n) is 4.81. The quantitative estimate of drug-likeness (QED) is 0.821. The number of rotatable bonds is 5. The van der Waals surface area contributed by atoms with Crippen LogP contribution in [0.2, 0.25) is 0 Å². The number of ether oxygens (including phenoxy) is 2. The topological polar surface area (TPSA) is 93.6 Å². The predicted octanol–water partition coefficient (Wildman–Crippen LogP) is 2.70. The summed E-state index contributed by atoms with van der Waals surface area (Å²) >= 11 is 0. The van der Waals surface area contributed by atoms with Gasteiger partial charge >= 0.3 is 6.01 Å². The van der Waals surface area contributed by atoms with Crippen LogP contribution in [-0.2, 0) is 0 Å². The maximum absolute atomic E-state index is 12.6. The van der Waals surface area contributed by atoms with Crippen LogP contribution in [0.5, 0.6) is 11.9 Å². The van der Waals surface area contributed by atoms with Crippen LogP contribution < -0.4 is 14.8 Å². The number of carbonyl (C=O) groups is 1. The van der Waals surface area contributed by atoms with Crippen LogP contribution in [0, 0.1) is 21.3 Å². The molecule has 0 unspecified atom stereocenters. The Morgan fingerprint density at radius 1 is 1.19 bits per heavy atom. The lowest BCUT2D eigenvalue weighted by Crippen LogP contribution is -2.37. The molecule has 0 saturated heterocycles.